The number of rotatable bonds is 2. The van der Waals surface area contributed by atoms with Crippen LogP contribution in [0.1, 0.15) is 0 Å². The van der Waals surface area contributed by atoms with E-state index in [1.165, 1.54) is 12.1 Å². The summed E-state index contributed by atoms with van der Waals surface area (Å²) in [6.45, 7) is 0. The summed E-state index contributed by atoms with van der Waals surface area (Å²) in [5.74, 6) is 0. The van der Waals surface area contributed by atoms with Crippen molar-refractivity contribution in [1.29, 1.82) is 0 Å². The molecule has 18 heavy (non-hydrogen) atoms. The molecule has 2 aromatic rings. The van der Waals surface area contributed by atoms with Gasteiger partial charge in [-0.05, 0) is 12.1 Å². The number of nitrogens with zero attached hydrogens (tertiary/aromatic N) is 1. The van der Waals surface area contributed by atoms with Gasteiger partial charge in [0.1, 0.15) is 5.58 Å². The molecule has 0 saturated heterocycles. The topological polar surface area (TPSA) is 107 Å². The van der Waals surface area contributed by atoms with Crippen LogP contribution < -0.4 is 5.63 Å². The molecule has 0 fully saturated rings. The lowest BCUT2D eigenvalue weighted by atomic mass is 10.2. The Morgan fingerprint density at radius 3 is 2.50 bits per heavy atom. The molecular formula is C10H7NO6S. The summed E-state index contributed by atoms with van der Waals surface area (Å²) in [5, 5.41) is 10.8. The van der Waals surface area contributed by atoms with E-state index in [-0.39, 0.29) is 16.7 Å². The molecule has 0 N–H and O–H groups in total. The fourth-order valence-electron chi connectivity index (χ4n) is 1.46. The summed E-state index contributed by atoms with van der Waals surface area (Å²) in [7, 11) is -3.73. The third-order valence-corrected chi connectivity index (χ3v) is 3.38. The first-order valence-corrected chi connectivity index (χ1v) is 6.60. The van der Waals surface area contributed by atoms with Crippen LogP contribution in [-0.2, 0) is 9.84 Å². The second kappa shape index (κ2) is 3.91. The van der Waals surface area contributed by atoms with Gasteiger partial charge in [-0.3, -0.25) is 10.1 Å². The highest BCUT2D eigenvalue weighted by Gasteiger charge is 2.16. The Kier molecular flexibility index (Phi) is 2.66. The van der Waals surface area contributed by atoms with E-state index in [4.69, 9.17) is 4.42 Å². The second-order valence-electron chi connectivity index (χ2n) is 3.65. The van der Waals surface area contributed by atoms with Gasteiger partial charge in [0.25, 0.3) is 5.69 Å². The predicted octanol–water partition coefficient (Wildman–Crippen LogP) is 1.10. The van der Waals surface area contributed by atoms with Crippen molar-refractivity contribution in [3.8, 4) is 0 Å². The lowest BCUT2D eigenvalue weighted by Crippen LogP contribution is -2.12. The largest absolute Gasteiger partial charge is 0.422 e. The number of sulfone groups is 1. The maximum Gasteiger partial charge on any atom is 0.355 e. The highest BCUT2D eigenvalue weighted by molar-refractivity contribution is 7.90. The summed E-state index contributed by atoms with van der Waals surface area (Å²) in [6, 6.07) is 4.64. The molecule has 2 rings (SSSR count). The Morgan fingerprint density at radius 2 is 1.94 bits per heavy atom. The van der Waals surface area contributed by atoms with Gasteiger partial charge in [-0.2, -0.15) is 0 Å². The zero-order valence-corrected chi connectivity index (χ0v) is 9.93. The minimum atomic E-state index is -3.73. The Labute approximate surface area is 101 Å². The SMILES string of the molecule is CS(=O)(=O)c1cc2cc([N+](=O)[O-])ccc2oc1=O. The molecule has 0 aliphatic heterocycles. The predicted molar refractivity (Wildman–Crippen MR) is 62.2 cm³/mol. The Morgan fingerprint density at radius 1 is 1.28 bits per heavy atom. The van der Waals surface area contributed by atoms with E-state index in [9.17, 15) is 23.3 Å². The fraction of sp³-hybridized carbons (Fsp3) is 0.100. The Bertz CT molecular complexity index is 805. The van der Waals surface area contributed by atoms with Crippen LogP contribution in [0.3, 0.4) is 0 Å². The fourth-order valence-corrected chi connectivity index (χ4v) is 2.15. The molecule has 0 unspecified atom stereocenters. The molecule has 0 spiro atoms. The van der Waals surface area contributed by atoms with E-state index in [1.54, 1.807) is 0 Å². The van der Waals surface area contributed by atoms with E-state index >= 15 is 0 Å². The average Bonchev–Trinajstić information content (AvgIpc) is 2.25. The summed E-state index contributed by atoms with van der Waals surface area (Å²) >= 11 is 0. The molecule has 94 valence electrons. The number of hydrogen-bond acceptors (Lipinski definition) is 6. The number of hydrogen-bond donors (Lipinski definition) is 0. The van der Waals surface area contributed by atoms with Crippen LogP contribution in [0, 0.1) is 10.1 Å². The van der Waals surface area contributed by atoms with Gasteiger partial charge in [0.2, 0.25) is 0 Å². The van der Waals surface area contributed by atoms with Gasteiger partial charge in [0.15, 0.2) is 14.7 Å². The van der Waals surface area contributed by atoms with Crippen LogP contribution in [0.5, 0.6) is 0 Å². The Balaban J connectivity index is 2.83. The third kappa shape index (κ3) is 2.09. The summed E-state index contributed by atoms with van der Waals surface area (Å²) in [4.78, 5) is 20.9. The number of fused-ring (bicyclic) bond motifs is 1. The highest BCUT2D eigenvalue weighted by Crippen LogP contribution is 2.21. The minimum absolute atomic E-state index is 0.0954. The molecule has 1 heterocycles. The van der Waals surface area contributed by atoms with Crippen LogP contribution in [-0.4, -0.2) is 19.6 Å². The van der Waals surface area contributed by atoms with Crippen molar-refractivity contribution in [2.75, 3.05) is 6.26 Å². The molecule has 0 aliphatic carbocycles. The smallest absolute Gasteiger partial charge is 0.355 e. The zero-order chi connectivity index (χ0) is 13.5. The maximum atomic E-state index is 11.4. The molecule has 0 saturated carbocycles. The lowest BCUT2D eigenvalue weighted by Gasteiger charge is -2.00. The van der Waals surface area contributed by atoms with Gasteiger partial charge in [0, 0.05) is 23.8 Å². The normalized spacial score (nSPS) is 11.6. The molecule has 0 amide bonds. The number of nitro benzene ring substituents is 1. The van der Waals surface area contributed by atoms with Crippen LogP contribution in [0.2, 0.25) is 0 Å². The molecule has 0 bridgehead atoms. The van der Waals surface area contributed by atoms with Crippen LogP contribution in [0.15, 0.2) is 38.4 Å². The van der Waals surface area contributed by atoms with Crippen LogP contribution in [0.4, 0.5) is 5.69 Å². The van der Waals surface area contributed by atoms with Gasteiger partial charge in [-0.1, -0.05) is 0 Å². The van der Waals surface area contributed by atoms with E-state index in [0.717, 1.165) is 18.4 Å². The van der Waals surface area contributed by atoms with Crippen molar-refractivity contribution >= 4 is 26.5 Å². The molecule has 8 heteroatoms. The third-order valence-electron chi connectivity index (χ3n) is 2.29. The summed E-state index contributed by atoms with van der Waals surface area (Å²) < 4.78 is 27.4. The standard InChI is InChI=1S/C10H7NO6S/c1-18(15,16)9-5-6-4-7(11(13)14)2-3-8(6)17-10(9)12/h2-5H,1H3. The zero-order valence-electron chi connectivity index (χ0n) is 9.11. The van der Waals surface area contributed by atoms with Crippen LogP contribution in [0.25, 0.3) is 11.0 Å². The van der Waals surface area contributed by atoms with Crippen molar-refractivity contribution in [3.05, 3.63) is 44.8 Å². The number of nitro groups is 1. The first-order valence-electron chi connectivity index (χ1n) is 4.71. The van der Waals surface area contributed by atoms with Crippen molar-refractivity contribution in [2.45, 2.75) is 4.90 Å². The molecule has 0 aliphatic rings. The second-order valence-corrected chi connectivity index (χ2v) is 5.63. The maximum absolute atomic E-state index is 11.4. The number of benzene rings is 1. The van der Waals surface area contributed by atoms with Crippen molar-refractivity contribution in [2.24, 2.45) is 0 Å². The summed E-state index contributed by atoms with van der Waals surface area (Å²) in [6.07, 6.45) is 0.864. The van der Waals surface area contributed by atoms with Gasteiger partial charge in [0.05, 0.1) is 4.92 Å². The highest BCUT2D eigenvalue weighted by atomic mass is 32.2. The molecule has 1 aromatic carbocycles. The molecule has 1 aromatic heterocycles. The van der Waals surface area contributed by atoms with Gasteiger partial charge >= 0.3 is 5.63 Å². The lowest BCUT2D eigenvalue weighted by molar-refractivity contribution is -0.384. The first-order chi connectivity index (χ1) is 8.29. The monoisotopic (exact) mass is 269 g/mol. The van der Waals surface area contributed by atoms with E-state index in [2.05, 4.69) is 0 Å². The summed E-state index contributed by atoms with van der Waals surface area (Å²) in [5.41, 5.74) is -1.10. The van der Waals surface area contributed by atoms with E-state index in [0.29, 0.717) is 0 Å². The van der Waals surface area contributed by atoms with Crippen molar-refractivity contribution < 1.29 is 17.8 Å². The quantitative estimate of drug-likeness (QED) is 0.459. The van der Waals surface area contributed by atoms with Crippen molar-refractivity contribution in [3.63, 3.8) is 0 Å². The van der Waals surface area contributed by atoms with Gasteiger partial charge in [-0.25, -0.2) is 13.2 Å². The van der Waals surface area contributed by atoms with Gasteiger partial charge < -0.3 is 4.42 Å². The molecule has 0 radical (unpaired) electrons. The van der Waals surface area contributed by atoms with Crippen LogP contribution >= 0.6 is 0 Å². The Hall–Kier alpha value is -2.22. The van der Waals surface area contributed by atoms with Crippen molar-refractivity contribution in [1.82, 2.24) is 0 Å². The molecule has 0 atom stereocenters. The van der Waals surface area contributed by atoms with E-state index in [1.807, 2.05) is 0 Å². The van der Waals surface area contributed by atoms with E-state index < -0.39 is 25.3 Å². The number of non-ortho nitro benzene ring substituents is 1. The first kappa shape index (κ1) is 12.2. The molecular weight excluding hydrogens is 262 g/mol. The van der Waals surface area contributed by atoms with Gasteiger partial charge in [-0.15, -0.1) is 0 Å². The minimum Gasteiger partial charge on any atom is -0.422 e. The average molecular weight is 269 g/mol. The molecule has 7 nitrogen and oxygen atoms in total.